The second kappa shape index (κ2) is 5.37. The van der Waals surface area contributed by atoms with Crippen LogP contribution in [-0.4, -0.2) is 22.6 Å². The molecule has 0 amide bonds. The minimum absolute atomic E-state index is 0.109. The maximum absolute atomic E-state index is 13.2. The van der Waals surface area contributed by atoms with Crippen LogP contribution in [0, 0.1) is 5.82 Å². The molecule has 0 spiro atoms. The molecule has 0 saturated carbocycles. The van der Waals surface area contributed by atoms with Crippen molar-refractivity contribution in [1.82, 2.24) is 9.97 Å². The molecule has 1 aliphatic heterocycles. The summed E-state index contributed by atoms with van der Waals surface area (Å²) in [4.78, 5) is 11.1. The van der Waals surface area contributed by atoms with Crippen molar-refractivity contribution in [3.8, 4) is 11.3 Å². The van der Waals surface area contributed by atoms with Gasteiger partial charge in [-0.05, 0) is 44.0 Å². The molecule has 1 aromatic carbocycles. The summed E-state index contributed by atoms with van der Waals surface area (Å²) < 4.78 is 13.2. The lowest BCUT2D eigenvalue weighted by Gasteiger charge is -2.21. The highest BCUT2D eigenvalue weighted by Gasteiger charge is 2.22. The van der Waals surface area contributed by atoms with Gasteiger partial charge in [0.2, 0.25) is 5.95 Å². The fourth-order valence-electron chi connectivity index (χ4n) is 2.53. The molecule has 0 unspecified atom stereocenters. The number of halogens is 2. The van der Waals surface area contributed by atoms with Crippen LogP contribution in [0.1, 0.15) is 19.8 Å². The van der Waals surface area contributed by atoms with Crippen LogP contribution in [0.2, 0.25) is 5.02 Å². The Bertz CT molecular complexity index is 632. The standard InChI is InChI=1S/C15H15ClFN3/c1-10-3-2-8-20(10)15-18-7-6-14(19-15)11-4-5-13(17)12(16)9-11/h4-7,9-10H,2-3,8H2,1H3/t10-/m1/s1. The van der Waals surface area contributed by atoms with Crippen molar-refractivity contribution in [3.05, 3.63) is 41.3 Å². The number of anilines is 1. The molecule has 1 atom stereocenters. The summed E-state index contributed by atoms with van der Waals surface area (Å²) in [5.74, 6) is 0.311. The van der Waals surface area contributed by atoms with Crippen molar-refractivity contribution < 1.29 is 4.39 Å². The van der Waals surface area contributed by atoms with Gasteiger partial charge < -0.3 is 4.90 Å². The summed E-state index contributed by atoms with van der Waals surface area (Å²) in [6.07, 6.45) is 4.06. The summed E-state index contributed by atoms with van der Waals surface area (Å²) in [6.45, 7) is 3.16. The van der Waals surface area contributed by atoms with Crippen molar-refractivity contribution in [2.75, 3.05) is 11.4 Å². The van der Waals surface area contributed by atoms with Crippen molar-refractivity contribution in [2.45, 2.75) is 25.8 Å². The third-order valence-electron chi connectivity index (χ3n) is 3.67. The Kier molecular flexibility index (Phi) is 3.57. The first-order valence-electron chi connectivity index (χ1n) is 6.70. The summed E-state index contributed by atoms with van der Waals surface area (Å²) in [5.41, 5.74) is 1.56. The fraction of sp³-hybridized carbons (Fsp3) is 0.333. The normalized spacial score (nSPS) is 18.6. The van der Waals surface area contributed by atoms with Gasteiger partial charge in [-0.25, -0.2) is 14.4 Å². The molecule has 1 aromatic heterocycles. The van der Waals surface area contributed by atoms with Gasteiger partial charge in [-0.15, -0.1) is 0 Å². The fourth-order valence-corrected chi connectivity index (χ4v) is 2.71. The van der Waals surface area contributed by atoms with E-state index < -0.39 is 5.82 Å². The third-order valence-corrected chi connectivity index (χ3v) is 3.96. The third kappa shape index (κ3) is 2.48. The number of nitrogens with zero attached hydrogens (tertiary/aromatic N) is 3. The van der Waals surface area contributed by atoms with Crippen LogP contribution in [0.25, 0.3) is 11.3 Å². The number of benzene rings is 1. The van der Waals surface area contributed by atoms with Gasteiger partial charge in [-0.3, -0.25) is 0 Å². The number of hydrogen-bond acceptors (Lipinski definition) is 3. The van der Waals surface area contributed by atoms with E-state index in [0.717, 1.165) is 36.6 Å². The average molecular weight is 292 g/mol. The number of rotatable bonds is 2. The molecule has 5 heteroatoms. The lowest BCUT2D eigenvalue weighted by atomic mass is 10.1. The van der Waals surface area contributed by atoms with Crippen molar-refractivity contribution in [2.24, 2.45) is 0 Å². The van der Waals surface area contributed by atoms with Crippen LogP contribution < -0.4 is 4.90 Å². The zero-order valence-corrected chi connectivity index (χ0v) is 11.9. The predicted octanol–water partition coefficient (Wildman–Crippen LogP) is 3.92. The maximum Gasteiger partial charge on any atom is 0.226 e. The Hall–Kier alpha value is -1.68. The van der Waals surface area contributed by atoms with Crippen molar-refractivity contribution >= 4 is 17.5 Å². The summed E-state index contributed by atoms with van der Waals surface area (Å²) in [5, 5.41) is 0.109. The highest BCUT2D eigenvalue weighted by molar-refractivity contribution is 6.31. The summed E-state index contributed by atoms with van der Waals surface area (Å²) in [6, 6.07) is 6.91. The van der Waals surface area contributed by atoms with E-state index in [9.17, 15) is 4.39 Å². The molecule has 2 aromatic rings. The quantitative estimate of drug-likeness (QED) is 0.839. The molecule has 0 bridgehead atoms. The zero-order chi connectivity index (χ0) is 14.1. The van der Waals surface area contributed by atoms with Gasteiger partial charge in [0, 0.05) is 24.3 Å². The van der Waals surface area contributed by atoms with Crippen LogP contribution in [0.4, 0.5) is 10.3 Å². The van der Waals surface area contributed by atoms with E-state index in [1.807, 2.05) is 6.07 Å². The van der Waals surface area contributed by atoms with E-state index in [-0.39, 0.29) is 5.02 Å². The molecule has 2 heterocycles. The minimum Gasteiger partial charge on any atom is -0.338 e. The molecular weight excluding hydrogens is 277 g/mol. The molecule has 1 aliphatic rings. The Morgan fingerprint density at radius 2 is 2.20 bits per heavy atom. The maximum atomic E-state index is 13.2. The smallest absolute Gasteiger partial charge is 0.226 e. The molecule has 3 rings (SSSR count). The van der Waals surface area contributed by atoms with Crippen molar-refractivity contribution in [1.29, 1.82) is 0 Å². The first kappa shape index (κ1) is 13.3. The predicted molar refractivity (Wildman–Crippen MR) is 78.5 cm³/mol. The Morgan fingerprint density at radius 1 is 1.35 bits per heavy atom. The van der Waals surface area contributed by atoms with Gasteiger partial charge in [0.15, 0.2) is 0 Å². The SMILES string of the molecule is C[C@@H]1CCCN1c1nccc(-c2ccc(F)c(Cl)c2)n1. The molecule has 1 fully saturated rings. The van der Waals surface area contributed by atoms with Gasteiger partial charge in [0.05, 0.1) is 10.7 Å². The highest BCUT2D eigenvalue weighted by atomic mass is 35.5. The minimum atomic E-state index is -0.419. The summed E-state index contributed by atoms with van der Waals surface area (Å²) in [7, 11) is 0. The zero-order valence-electron chi connectivity index (χ0n) is 11.2. The molecule has 104 valence electrons. The van der Waals surface area contributed by atoms with Crippen LogP contribution >= 0.6 is 11.6 Å². The molecule has 1 saturated heterocycles. The monoisotopic (exact) mass is 291 g/mol. The van der Waals surface area contributed by atoms with E-state index in [1.165, 1.54) is 6.07 Å². The lowest BCUT2D eigenvalue weighted by molar-refractivity contribution is 0.628. The highest BCUT2D eigenvalue weighted by Crippen LogP contribution is 2.26. The Morgan fingerprint density at radius 3 is 2.90 bits per heavy atom. The van der Waals surface area contributed by atoms with Gasteiger partial charge in [-0.1, -0.05) is 11.6 Å². The number of hydrogen-bond donors (Lipinski definition) is 0. The first-order valence-corrected chi connectivity index (χ1v) is 7.08. The Balaban J connectivity index is 1.96. The van der Waals surface area contributed by atoms with Crippen LogP contribution in [0.3, 0.4) is 0 Å². The van der Waals surface area contributed by atoms with Gasteiger partial charge in [-0.2, -0.15) is 0 Å². The second-order valence-electron chi connectivity index (χ2n) is 5.06. The topological polar surface area (TPSA) is 29.0 Å². The van der Waals surface area contributed by atoms with Gasteiger partial charge in [0.1, 0.15) is 5.82 Å². The summed E-state index contributed by atoms with van der Waals surface area (Å²) >= 11 is 5.82. The van der Waals surface area contributed by atoms with E-state index in [0.29, 0.717) is 6.04 Å². The average Bonchev–Trinajstić information content (AvgIpc) is 2.88. The van der Waals surface area contributed by atoms with Gasteiger partial charge in [0.25, 0.3) is 0 Å². The van der Waals surface area contributed by atoms with Crippen molar-refractivity contribution in [3.63, 3.8) is 0 Å². The van der Waals surface area contributed by atoms with Crippen LogP contribution in [0.5, 0.6) is 0 Å². The Labute approximate surface area is 122 Å². The molecule has 3 nitrogen and oxygen atoms in total. The van der Waals surface area contributed by atoms with E-state index in [2.05, 4.69) is 21.8 Å². The van der Waals surface area contributed by atoms with Gasteiger partial charge >= 0.3 is 0 Å². The molecule has 0 aliphatic carbocycles. The lowest BCUT2D eigenvalue weighted by Crippen LogP contribution is -2.28. The van der Waals surface area contributed by atoms with E-state index in [1.54, 1.807) is 18.3 Å². The number of aromatic nitrogens is 2. The van der Waals surface area contributed by atoms with E-state index in [4.69, 9.17) is 11.6 Å². The largest absolute Gasteiger partial charge is 0.338 e. The first-order chi connectivity index (χ1) is 9.65. The van der Waals surface area contributed by atoms with E-state index >= 15 is 0 Å². The molecule has 20 heavy (non-hydrogen) atoms. The molecular formula is C15H15ClFN3. The molecule has 0 N–H and O–H groups in total. The van der Waals surface area contributed by atoms with Crippen LogP contribution in [0.15, 0.2) is 30.5 Å². The molecule has 0 radical (unpaired) electrons. The second-order valence-corrected chi connectivity index (χ2v) is 5.46. The van der Waals surface area contributed by atoms with Crippen LogP contribution in [-0.2, 0) is 0 Å².